The van der Waals surface area contributed by atoms with Crippen molar-refractivity contribution in [2.45, 2.75) is 0 Å². The second kappa shape index (κ2) is 5.85. The van der Waals surface area contributed by atoms with Crippen LogP contribution in [0.25, 0.3) is 0 Å². The zero-order valence-electron chi connectivity index (χ0n) is 11.3. The van der Waals surface area contributed by atoms with E-state index in [1.807, 2.05) is 0 Å². The zero-order valence-corrected chi connectivity index (χ0v) is 11.3. The maximum absolute atomic E-state index is 12.5. The summed E-state index contributed by atoms with van der Waals surface area (Å²) in [5.41, 5.74) is 2.20. The lowest BCUT2D eigenvalue weighted by Crippen LogP contribution is -2.27. The van der Waals surface area contributed by atoms with Gasteiger partial charge in [0.2, 0.25) is 0 Å². The number of hydrogen-bond acceptors (Lipinski definition) is 4. The predicted molar refractivity (Wildman–Crippen MR) is 77.7 cm³/mol. The quantitative estimate of drug-likeness (QED) is 0.925. The summed E-state index contributed by atoms with van der Waals surface area (Å²) in [5.74, 6) is -0.217. The number of hydrogen-bond donors (Lipinski definition) is 1. The van der Waals surface area contributed by atoms with Gasteiger partial charge in [-0.1, -0.05) is 12.1 Å². The number of nitrogens with one attached hydrogen (secondary N) is 1. The standard InChI is InChI=1S/C15H14N4O/c1-17-13-7-8-18-10-12(13)15(20)19(2)14-6-4-3-5-11(14)9-16/h3-8,10H,1-2H3,(H,17,18). The topological polar surface area (TPSA) is 69.0 Å². The lowest BCUT2D eigenvalue weighted by atomic mass is 10.1. The molecule has 0 radical (unpaired) electrons. The van der Waals surface area contributed by atoms with Crippen LogP contribution in [0.5, 0.6) is 0 Å². The van der Waals surface area contributed by atoms with Crippen LogP contribution in [-0.4, -0.2) is 25.0 Å². The Morgan fingerprint density at radius 1 is 1.35 bits per heavy atom. The van der Waals surface area contributed by atoms with E-state index in [0.717, 1.165) is 0 Å². The van der Waals surface area contributed by atoms with Gasteiger partial charge in [-0.05, 0) is 18.2 Å². The predicted octanol–water partition coefficient (Wildman–Crippen LogP) is 2.27. The highest BCUT2D eigenvalue weighted by molar-refractivity contribution is 6.09. The highest BCUT2D eigenvalue weighted by Gasteiger charge is 2.18. The van der Waals surface area contributed by atoms with Crippen LogP contribution in [0.15, 0.2) is 42.7 Å². The molecule has 0 aliphatic heterocycles. The van der Waals surface area contributed by atoms with Gasteiger partial charge in [-0.2, -0.15) is 5.26 Å². The number of carbonyl (C=O) groups excluding carboxylic acids is 1. The molecule has 2 aromatic rings. The van der Waals surface area contributed by atoms with E-state index in [2.05, 4.69) is 16.4 Å². The first kappa shape index (κ1) is 13.6. The minimum atomic E-state index is -0.217. The van der Waals surface area contributed by atoms with Gasteiger partial charge >= 0.3 is 0 Å². The monoisotopic (exact) mass is 266 g/mol. The number of carbonyl (C=O) groups is 1. The molecule has 0 aliphatic carbocycles. The van der Waals surface area contributed by atoms with Gasteiger partial charge in [-0.15, -0.1) is 0 Å². The highest BCUT2D eigenvalue weighted by atomic mass is 16.2. The molecular formula is C15H14N4O. The number of aromatic nitrogens is 1. The number of rotatable bonds is 3. The Bertz CT molecular complexity index is 676. The van der Waals surface area contributed by atoms with Crippen molar-refractivity contribution in [3.8, 4) is 6.07 Å². The van der Waals surface area contributed by atoms with Crippen molar-refractivity contribution in [1.82, 2.24) is 4.98 Å². The number of para-hydroxylation sites is 1. The summed E-state index contributed by atoms with van der Waals surface area (Å²) >= 11 is 0. The Kier molecular flexibility index (Phi) is 3.96. The number of benzene rings is 1. The van der Waals surface area contributed by atoms with Gasteiger partial charge < -0.3 is 10.2 Å². The molecule has 0 spiro atoms. The Morgan fingerprint density at radius 2 is 2.10 bits per heavy atom. The third-order valence-corrected chi connectivity index (χ3v) is 3.01. The molecule has 2 rings (SSSR count). The number of pyridine rings is 1. The number of anilines is 2. The molecule has 0 atom stereocenters. The molecular weight excluding hydrogens is 252 g/mol. The van der Waals surface area contributed by atoms with Crippen LogP contribution in [0.3, 0.4) is 0 Å². The smallest absolute Gasteiger partial charge is 0.261 e. The van der Waals surface area contributed by atoms with Crippen molar-refractivity contribution in [2.24, 2.45) is 0 Å². The van der Waals surface area contributed by atoms with Gasteiger partial charge in [-0.25, -0.2) is 0 Å². The molecule has 1 amide bonds. The molecule has 1 heterocycles. The second-order valence-corrected chi connectivity index (χ2v) is 4.16. The van der Waals surface area contributed by atoms with E-state index in [1.54, 1.807) is 50.6 Å². The van der Waals surface area contributed by atoms with Crippen LogP contribution in [0, 0.1) is 11.3 Å². The molecule has 1 aromatic heterocycles. The summed E-state index contributed by atoms with van der Waals surface area (Å²) in [7, 11) is 3.39. The Morgan fingerprint density at radius 3 is 2.80 bits per heavy atom. The van der Waals surface area contributed by atoms with Crippen molar-refractivity contribution < 1.29 is 4.79 Å². The van der Waals surface area contributed by atoms with Gasteiger partial charge in [-0.3, -0.25) is 9.78 Å². The Balaban J connectivity index is 2.41. The number of nitrogens with zero attached hydrogens (tertiary/aromatic N) is 3. The van der Waals surface area contributed by atoms with Crippen molar-refractivity contribution >= 4 is 17.3 Å². The third-order valence-electron chi connectivity index (χ3n) is 3.01. The normalized spacial score (nSPS) is 9.65. The summed E-state index contributed by atoms with van der Waals surface area (Å²) < 4.78 is 0. The third kappa shape index (κ3) is 2.45. The van der Waals surface area contributed by atoms with Crippen LogP contribution >= 0.6 is 0 Å². The fourth-order valence-corrected chi connectivity index (χ4v) is 1.93. The van der Waals surface area contributed by atoms with Gasteiger partial charge in [0.1, 0.15) is 6.07 Å². The summed E-state index contributed by atoms with van der Waals surface area (Å²) in [5, 5.41) is 12.1. The largest absolute Gasteiger partial charge is 0.387 e. The second-order valence-electron chi connectivity index (χ2n) is 4.16. The van der Waals surface area contributed by atoms with E-state index >= 15 is 0 Å². The fourth-order valence-electron chi connectivity index (χ4n) is 1.93. The summed E-state index contributed by atoms with van der Waals surface area (Å²) in [6, 6.07) is 10.8. The van der Waals surface area contributed by atoms with Crippen LogP contribution < -0.4 is 10.2 Å². The van der Waals surface area contributed by atoms with E-state index in [4.69, 9.17) is 5.26 Å². The first-order valence-electron chi connectivity index (χ1n) is 6.08. The molecule has 20 heavy (non-hydrogen) atoms. The Labute approximate surface area is 117 Å². The molecule has 0 unspecified atom stereocenters. The molecule has 100 valence electrons. The minimum Gasteiger partial charge on any atom is -0.387 e. The maximum Gasteiger partial charge on any atom is 0.261 e. The first-order valence-corrected chi connectivity index (χ1v) is 6.08. The molecule has 0 saturated carbocycles. The molecule has 0 saturated heterocycles. The van der Waals surface area contributed by atoms with Crippen LogP contribution in [0.2, 0.25) is 0 Å². The lowest BCUT2D eigenvalue weighted by Gasteiger charge is -2.19. The molecule has 0 aliphatic rings. The Hall–Kier alpha value is -2.87. The molecule has 0 bridgehead atoms. The first-order chi connectivity index (χ1) is 9.69. The zero-order chi connectivity index (χ0) is 14.5. The van der Waals surface area contributed by atoms with E-state index < -0.39 is 0 Å². The summed E-state index contributed by atoms with van der Waals surface area (Å²) in [4.78, 5) is 18.0. The van der Waals surface area contributed by atoms with E-state index in [-0.39, 0.29) is 5.91 Å². The number of amides is 1. The van der Waals surface area contributed by atoms with Crippen LogP contribution in [-0.2, 0) is 0 Å². The minimum absolute atomic E-state index is 0.217. The fraction of sp³-hybridized carbons (Fsp3) is 0.133. The van der Waals surface area contributed by atoms with Crippen molar-refractivity contribution in [1.29, 1.82) is 5.26 Å². The van der Waals surface area contributed by atoms with E-state index in [0.29, 0.717) is 22.5 Å². The maximum atomic E-state index is 12.5. The van der Waals surface area contributed by atoms with Crippen LogP contribution in [0.4, 0.5) is 11.4 Å². The summed E-state index contributed by atoms with van der Waals surface area (Å²) in [6.45, 7) is 0. The number of nitriles is 1. The van der Waals surface area contributed by atoms with Crippen molar-refractivity contribution in [3.05, 3.63) is 53.9 Å². The highest BCUT2D eigenvalue weighted by Crippen LogP contribution is 2.22. The van der Waals surface area contributed by atoms with Gasteiger partial charge in [0.15, 0.2) is 0 Å². The molecule has 1 N–H and O–H groups in total. The molecule has 5 heteroatoms. The lowest BCUT2D eigenvalue weighted by molar-refractivity contribution is 0.0993. The van der Waals surface area contributed by atoms with Gasteiger partial charge in [0.25, 0.3) is 5.91 Å². The van der Waals surface area contributed by atoms with Gasteiger partial charge in [0.05, 0.1) is 16.8 Å². The average Bonchev–Trinajstić information content (AvgIpc) is 2.53. The molecule has 0 fully saturated rings. The average molecular weight is 266 g/mol. The van der Waals surface area contributed by atoms with E-state index in [9.17, 15) is 4.79 Å². The molecule has 1 aromatic carbocycles. The van der Waals surface area contributed by atoms with Crippen LogP contribution in [0.1, 0.15) is 15.9 Å². The van der Waals surface area contributed by atoms with Crippen molar-refractivity contribution in [2.75, 3.05) is 24.3 Å². The van der Waals surface area contributed by atoms with Gasteiger partial charge in [0, 0.05) is 32.2 Å². The SMILES string of the molecule is CNc1ccncc1C(=O)N(C)c1ccccc1C#N. The summed E-state index contributed by atoms with van der Waals surface area (Å²) in [6.07, 6.45) is 3.13. The van der Waals surface area contributed by atoms with Crippen molar-refractivity contribution in [3.63, 3.8) is 0 Å². The van der Waals surface area contributed by atoms with E-state index in [1.165, 1.54) is 11.1 Å². The molecule has 5 nitrogen and oxygen atoms in total.